The summed E-state index contributed by atoms with van der Waals surface area (Å²) in [6, 6.07) is 46.6. The number of aryl methyl sites for hydroxylation is 1. The summed E-state index contributed by atoms with van der Waals surface area (Å²) in [7, 11) is -4.05. The van der Waals surface area contributed by atoms with Crippen LogP contribution in [0.3, 0.4) is 0 Å². The maximum absolute atomic E-state index is 14.8. The molecule has 1 aliphatic rings. The van der Waals surface area contributed by atoms with Gasteiger partial charge in [0.15, 0.2) is 0 Å². The van der Waals surface area contributed by atoms with Gasteiger partial charge >= 0.3 is 0 Å². The second-order valence-electron chi connectivity index (χ2n) is 12.2. The van der Waals surface area contributed by atoms with Crippen molar-refractivity contribution in [2.75, 3.05) is 21.1 Å². The molecular formula is C42H37N3O5S. The van der Waals surface area contributed by atoms with E-state index in [1.54, 1.807) is 41.3 Å². The van der Waals surface area contributed by atoms with E-state index in [9.17, 15) is 13.2 Å². The van der Waals surface area contributed by atoms with Crippen LogP contribution in [0.15, 0.2) is 157 Å². The molecule has 9 heteroatoms. The van der Waals surface area contributed by atoms with E-state index in [4.69, 9.17) is 9.47 Å². The molecule has 1 atom stereocenters. The van der Waals surface area contributed by atoms with Crippen LogP contribution in [0.4, 0.5) is 17.1 Å². The van der Waals surface area contributed by atoms with Gasteiger partial charge in [0.05, 0.1) is 22.8 Å². The van der Waals surface area contributed by atoms with Crippen LogP contribution < -0.4 is 24.0 Å². The highest BCUT2D eigenvalue weighted by Crippen LogP contribution is 2.43. The molecule has 1 aliphatic heterocycles. The average Bonchev–Trinajstić information content (AvgIpc) is 3.15. The molecule has 7 rings (SSSR count). The third-order valence-electron chi connectivity index (χ3n) is 8.66. The second-order valence-corrected chi connectivity index (χ2v) is 13.9. The number of hydrogen-bond donors (Lipinski definition) is 1. The van der Waals surface area contributed by atoms with Gasteiger partial charge in [-0.3, -0.25) is 14.4 Å². The molecule has 0 fully saturated rings. The molecule has 0 bridgehead atoms. The Bertz CT molecular complexity index is 2230. The third-order valence-corrected chi connectivity index (χ3v) is 10.0. The first-order valence-electron chi connectivity index (χ1n) is 16.7. The Kier molecular flexibility index (Phi) is 9.46. The van der Waals surface area contributed by atoms with Gasteiger partial charge in [0.2, 0.25) is 0 Å². The van der Waals surface area contributed by atoms with E-state index in [-0.39, 0.29) is 16.4 Å². The number of rotatable bonds is 11. The summed E-state index contributed by atoms with van der Waals surface area (Å²) in [5.74, 6) is 1.72. The summed E-state index contributed by atoms with van der Waals surface area (Å²) >= 11 is 0. The first-order chi connectivity index (χ1) is 24.8. The lowest BCUT2D eigenvalue weighted by molar-refractivity contribution is 0.0968. The minimum Gasteiger partial charge on any atom is -0.494 e. The topological polar surface area (TPSA) is 88.2 Å². The molecule has 0 unspecified atom stereocenters. The van der Waals surface area contributed by atoms with E-state index < -0.39 is 16.2 Å². The van der Waals surface area contributed by atoms with Crippen LogP contribution in [0, 0.1) is 6.92 Å². The number of benzene rings is 6. The summed E-state index contributed by atoms with van der Waals surface area (Å²) in [6.45, 7) is 4.84. The van der Waals surface area contributed by atoms with Crippen LogP contribution in [0.5, 0.6) is 17.2 Å². The smallest absolute Gasteiger partial charge is 0.262 e. The summed E-state index contributed by atoms with van der Waals surface area (Å²) in [4.78, 5) is 18.6. The van der Waals surface area contributed by atoms with Gasteiger partial charge in [0, 0.05) is 17.9 Å². The van der Waals surface area contributed by atoms with E-state index in [1.165, 1.54) is 6.07 Å². The quantitative estimate of drug-likeness (QED) is 0.145. The van der Waals surface area contributed by atoms with Crippen molar-refractivity contribution in [3.05, 3.63) is 174 Å². The Hall–Kier alpha value is -6.06. The Morgan fingerprint density at radius 2 is 1.33 bits per heavy atom. The number of nitrogens with one attached hydrogen (secondary N) is 1. The molecule has 0 aliphatic carbocycles. The highest BCUT2D eigenvalue weighted by Gasteiger charge is 2.40. The van der Waals surface area contributed by atoms with Crippen LogP contribution in [-0.2, 0) is 16.6 Å². The minimum atomic E-state index is -4.05. The molecule has 8 nitrogen and oxygen atoms in total. The van der Waals surface area contributed by atoms with Gasteiger partial charge in [0.1, 0.15) is 23.4 Å². The fraction of sp³-hybridized carbons (Fsp3) is 0.119. The number of hydrogen-bond acceptors (Lipinski definition) is 6. The zero-order chi connectivity index (χ0) is 35.4. The number of fused-ring (bicyclic) bond motifs is 1. The Labute approximate surface area is 298 Å². The maximum atomic E-state index is 14.8. The van der Waals surface area contributed by atoms with Crippen molar-refractivity contribution in [2.45, 2.75) is 31.5 Å². The molecule has 0 aromatic heterocycles. The number of sulfonamides is 1. The highest BCUT2D eigenvalue weighted by atomic mass is 32.2. The second kappa shape index (κ2) is 14.4. The summed E-state index contributed by atoms with van der Waals surface area (Å²) in [6.07, 6.45) is -0.567. The van der Waals surface area contributed by atoms with E-state index in [2.05, 4.69) is 9.62 Å². The number of carbonyl (C=O) groups is 1. The Balaban J connectivity index is 1.32. The molecule has 6 aromatic rings. The molecule has 51 heavy (non-hydrogen) atoms. The molecule has 0 spiro atoms. The van der Waals surface area contributed by atoms with Crippen molar-refractivity contribution in [1.29, 1.82) is 0 Å². The van der Waals surface area contributed by atoms with Crippen molar-refractivity contribution >= 4 is 33.0 Å². The number of para-hydroxylation sites is 1. The summed E-state index contributed by atoms with van der Waals surface area (Å²) in [5, 5.41) is 0. The predicted octanol–water partition coefficient (Wildman–Crippen LogP) is 9.35. The Morgan fingerprint density at radius 1 is 0.706 bits per heavy atom. The van der Waals surface area contributed by atoms with Gasteiger partial charge in [-0.05, 0) is 104 Å². The van der Waals surface area contributed by atoms with Crippen molar-refractivity contribution in [1.82, 2.24) is 0 Å². The fourth-order valence-electron chi connectivity index (χ4n) is 6.19. The van der Waals surface area contributed by atoms with Crippen LogP contribution in [0.2, 0.25) is 0 Å². The van der Waals surface area contributed by atoms with Gasteiger partial charge in [0.25, 0.3) is 15.9 Å². The SMILES string of the molecule is CCOc1ccc(NS(=O)(=O)c2ccc3c(c2)C(=O)N(c2ccc(C)cc2)[C@H](c2ccc(Oc4ccccc4)cc2)N3Cc2ccccc2)cc1. The molecule has 0 saturated carbocycles. The Morgan fingerprint density at radius 3 is 2.00 bits per heavy atom. The standard InChI is InChI=1S/C42H37N3O5S/c1-3-49-35-24-18-33(19-25-35)43-51(47,48)38-26-27-40-39(28-38)42(46)45(34-20-14-30(2)15-21-34)41(44(40)29-31-10-6-4-7-11-31)32-16-22-37(23-17-32)50-36-12-8-5-9-13-36/h4-28,41,43H,3,29H2,1-2H3/t41-/m1/s1. The van der Waals surface area contributed by atoms with Gasteiger partial charge < -0.3 is 14.4 Å². The average molecular weight is 696 g/mol. The van der Waals surface area contributed by atoms with Gasteiger partial charge in [-0.25, -0.2) is 8.42 Å². The summed E-state index contributed by atoms with van der Waals surface area (Å²) in [5.41, 5.74) is 4.92. The first-order valence-corrected chi connectivity index (χ1v) is 18.2. The van der Waals surface area contributed by atoms with Crippen molar-refractivity contribution in [3.63, 3.8) is 0 Å². The minimum absolute atomic E-state index is 0.0205. The van der Waals surface area contributed by atoms with Crippen molar-refractivity contribution < 1.29 is 22.7 Å². The van der Waals surface area contributed by atoms with Gasteiger partial charge in [-0.15, -0.1) is 0 Å². The van der Waals surface area contributed by atoms with Gasteiger partial charge in [-0.2, -0.15) is 0 Å². The zero-order valence-corrected chi connectivity index (χ0v) is 29.1. The first kappa shape index (κ1) is 33.4. The van der Waals surface area contributed by atoms with E-state index >= 15 is 0 Å². The number of carbonyl (C=O) groups excluding carboxylic acids is 1. The highest BCUT2D eigenvalue weighted by molar-refractivity contribution is 7.92. The lowest BCUT2D eigenvalue weighted by atomic mass is 9.98. The maximum Gasteiger partial charge on any atom is 0.262 e. The lowest BCUT2D eigenvalue weighted by Crippen LogP contribution is -2.49. The molecule has 1 amide bonds. The number of amides is 1. The molecule has 1 heterocycles. The van der Waals surface area contributed by atoms with Crippen LogP contribution in [0.1, 0.15) is 40.1 Å². The lowest BCUT2D eigenvalue weighted by Gasteiger charge is -2.46. The van der Waals surface area contributed by atoms with E-state index in [0.29, 0.717) is 41.7 Å². The van der Waals surface area contributed by atoms with Crippen LogP contribution >= 0.6 is 0 Å². The monoisotopic (exact) mass is 695 g/mol. The van der Waals surface area contributed by atoms with Crippen molar-refractivity contribution in [2.24, 2.45) is 0 Å². The molecule has 256 valence electrons. The molecular weight excluding hydrogens is 659 g/mol. The fourth-order valence-corrected chi connectivity index (χ4v) is 7.28. The van der Waals surface area contributed by atoms with E-state index in [0.717, 1.165) is 22.4 Å². The summed E-state index contributed by atoms with van der Waals surface area (Å²) < 4.78 is 41.7. The van der Waals surface area contributed by atoms with Crippen molar-refractivity contribution in [3.8, 4) is 17.2 Å². The molecule has 0 saturated heterocycles. The third kappa shape index (κ3) is 7.29. The number of nitrogens with zero attached hydrogens (tertiary/aromatic N) is 2. The largest absolute Gasteiger partial charge is 0.494 e. The van der Waals surface area contributed by atoms with E-state index in [1.807, 2.05) is 123 Å². The predicted molar refractivity (Wildman–Crippen MR) is 201 cm³/mol. The zero-order valence-electron chi connectivity index (χ0n) is 28.3. The number of anilines is 3. The normalized spacial score (nSPS) is 14.2. The molecule has 1 N–H and O–H groups in total. The molecule has 0 radical (unpaired) electrons. The van der Waals surface area contributed by atoms with Gasteiger partial charge in [-0.1, -0.05) is 78.4 Å². The molecule has 6 aromatic carbocycles. The van der Waals surface area contributed by atoms with Crippen LogP contribution in [-0.4, -0.2) is 20.9 Å². The number of ether oxygens (including phenoxy) is 2. The van der Waals surface area contributed by atoms with Crippen LogP contribution in [0.25, 0.3) is 0 Å².